The van der Waals surface area contributed by atoms with E-state index in [1.165, 1.54) is 24.3 Å². The average Bonchev–Trinajstić information content (AvgIpc) is 3.36. The molecule has 0 radical (unpaired) electrons. The molecule has 0 amide bonds. The maximum Gasteiger partial charge on any atom is 0.573 e. The van der Waals surface area contributed by atoms with E-state index in [1.807, 2.05) is 45.0 Å². The molecular weight excluding hydrogens is 491 g/mol. The van der Waals surface area contributed by atoms with Crippen LogP contribution in [0.15, 0.2) is 61.9 Å². The first-order valence-electron chi connectivity index (χ1n) is 9.68. The Balaban J connectivity index is 0.00000141. The molecule has 6 nitrogen and oxygen atoms in total. The van der Waals surface area contributed by atoms with E-state index in [0.29, 0.717) is 23.4 Å². The fourth-order valence-electron chi connectivity index (χ4n) is 2.75. The van der Waals surface area contributed by atoms with Gasteiger partial charge in [-0.25, -0.2) is 4.98 Å². The smallest absolute Gasteiger partial charge is 0.437 e. The van der Waals surface area contributed by atoms with Crippen molar-refractivity contribution in [2.75, 3.05) is 0 Å². The van der Waals surface area contributed by atoms with E-state index in [1.54, 1.807) is 0 Å². The van der Waals surface area contributed by atoms with Crippen LogP contribution in [0.1, 0.15) is 30.9 Å². The van der Waals surface area contributed by atoms with Crippen molar-refractivity contribution in [3.63, 3.8) is 0 Å². The molecule has 2 heterocycles. The molecule has 0 bridgehead atoms. The van der Waals surface area contributed by atoms with Crippen LogP contribution in [0.4, 0.5) is 13.2 Å². The van der Waals surface area contributed by atoms with Crippen LogP contribution in [0.25, 0.3) is 23.2 Å². The van der Waals surface area contributed by atoms with Crippen molar-refractivity contribution >= 4 is 15.9 Å². The van der Waals surface area contributed by atoms with E-state index in [-0.39, 0.29) is 23.4 Å². The third-order valence-electron chi connectivity index (χ3n) is 4.10. The van der Waals surface area contributed by atoms with Crippen LogP contribution in [0.2, 0.25) is 0 Å². The fraction of sp³-hybridized carbons (Fsp3) is 0.227. The van der Waals surface area contributed by atoms with Gasteiger partial charge in [-0.15, -0.1) is 13.2 Å². The molecule has 0 spiro atoms. The maximum absolute atomic E-state index is 12.3. The van der Waals surface area contributed by atoms with Gasteiger partial charge in [0.25, 0.3) is 5.89 Å². The van der Waals surface area contributed by atoms with Crippen LogP contribution >= 0.6 is 15.9 Å². The lowest BCUT2D eigenvalue weighted by Crippen LogP contribution is -2.16. The highest BCUT2D eigenvalue weighted by Gasteiger charge is 2.31. The molecule has 0 aliphatic heterocycles. The largest absolute Gasteiger partial charge is 0.573 e. The van der Waals surface area contributed by atoms with Crippen LogP contribution in [-0.2, 0) is 6.42 Å². The lowest BCUT2D eigenvalue weighted by molar-refractivity contribution is -0.274. The standard InChI is InChI=1S/C20H13BrF3N3O3.C2H6/c1-11-16(10-12-3-2-4-14(21)9-12)28-18(25-11)19-26-17(27-30-19)13-5-7-15(8-6-13)29-20(22,23)24;1-2/h2-9H,10H2,1H3;1-2H3. The number of rotatable bonds is 5. The fourth-order valence-corrected chi connectivity index (χ4v) is 3.20. The van der Waals surface area contributed by atoms with Crippen LogP contribution in [0, 0.1) is 6.92 Å². The molecule has 2 aromatic carbocycles. The minimum absolute atomic E-state index is 0.0733. The zero-order valence-electron chi connectivity index (χ0n) is 17.4. The minimum atomic E-state index is -4.75. The Bertz CT molecular complexity index is 1170. The third kappa shape index (κ3) is 5.97. The topological polar surface area (TPSA) is 74.2 Å². The second kappa shape index (κ2) is 9.99. The third-order valence-corrected chi connectivity index (χ3v) is 4.59. The van der Waals surface area contributed by atoms with Gasteiger partial charge in [0.15, 0.2) is 0 Å². The number of benzene rings is 2. The second-order valence-corrected chi connectivity index (χ2v) is 7.25. The van der Waals surface area contributed by atoms with Crippen molar-refractivity contribution in [3.05, 3.63) is 70.0 Å². The van der Waals surface area contributed by atoms with Gasteiger partial charge in [0, 0.05) is 16.5 Å². The van der Waals surface area contributed by atoms with Crippen molar-refractivity contribution < 1.29 is 26.8 Å². The lowest BCUT2D eigenvalue weighted by Gasteiger charge is -2.08. The maximum atomic E-state index is 12.3. The molecule has 4 aromatic rings. The average molecular weight is 510 g/mol. The number of alkyl halides is 3. The van der Waals surface area contributed by atoms with E-state index >= 15 is 0 Å². The number of aryl methyl sites for hydroxylation is 1. The van der Waals surface area contributed by atoms with Gasteiger partial charge < -0.3 is 13.7 Å². The molecule has 4 rings (SSSR count). The summed E-state index contributed by atoms with van der Waals surface area (Å²) in [5.41, 5.74) is 2.19. The van der Waals surface area contributed by atoms with Gasteiger partial charge in [-0.2, -0.15) is 4.98 Å². The SMILES string of the molecule is CC.Cc1nc(-c2nc(-c3ccc(OC(F)(F)F)cc3)no2)oc1Cc1cccc(Br)c1. The van der Waals surface area contributed by atoms with Gasteiger partial charge >= 0.3 is 12.3 Å². The molecule has 10 heteroatoms. The molecule has 168 valence electrons. The zero-order valence-corrected chi connectivity index (χ0v) is 19.0. The first kappa shape index (κ1) is 23.5. The normalized spacial score (nSPS) is 11.1. The van der Waals surface area contributed by atoms with E-state index < -0.39 is 6.36 Å². The quantitative estimate of drug-likeness (QED) is 0.289. The molecule has 32 heavy (non-hydrogen) atoms. The molecule has 0 unspecified atom stereocenters. The molecule has 0 saturated carbocycles. The van der Waals surface area contributed by atoms with Gasteiger partial charge in [-0.1, -0.05) is 47.1 Å². The van der Waals surface area contributed by atoms with Crippen LogP contribution in [-0.4, -0.2) is 21.5 Å². The highest BCUT2D eigenvalue weighted by Crippen LogP contribution is 2.28. The Hall–Kier alpha value is -3.14. The van der Waals surface area contributed by atoms with Crippen LogP contribution in [0.3, 0.4) is 0 Å². The summed E-state index contributed by atoms with van der Waals surface area (Å²) in [5.74, 6) is 0.762. The van der Waals surface area contributed by atoms with Gasteiger partial charge in [-0.05, 0) is 48.9 Å². The van der Waals surface area contributed by atoms with Crippen LogP contribution in [0.5, 0.6) is 5.75 Å². The Kier molecular flexibility index (Phi) is 7.34. The van der Waals surface area contributed by atoms with Crippen molar-refractivity contribution in [2.45, 2.75) is 33.6 Å². The molecule has 0 fully saturated rings. The summed E-state index contributed by atoms with van der Waals surface area (Å²) in [6, 6.07) is 13.0. The molecule has 0 saturated heterocycles. The summed E-state index contributed by atoms with van der Waals surface area (Å²) in [6.45, 7) is 5.82. The molecule has 0 aliphatic rings. The predicted molar refractivity (Wildman–Crippen MR) is 115 cm³/mol. The zero-order chi connectivity index (χ0) is 23.3. The number of aromatic nitrogens is 3. The van der Waals surface area contributed by atoms with Crippen LogP contribution < -0.4 is 4.74 Å². The number of hydrogen-bond donors (Lipinski definition) is 0. The number of ether oxygens (including phenoxy) is 1. The molecule has 0 aliphatic carbocycles. The molecular formula is C22H19BrF3N3O3. The van der Waals surface area contributed by atoms with Crippen molar-refractivity contribution in [3.8, 4) is 28.9 Å². The van der Waals surface area contributed by atoms with Crippen molar-refractivity contribution in [1.82, 2.24) is 15.1 Å². The predicted octanol–water partition coefficient (Wildman–Crippen LogP) is 6.98. The lowest BCUT2D eigenvalue weighted by atomic mass is 10.1. The first-order chi connectivity index (χ1) is 15.3. The molecule has 0 N–H and O–H groups in total. The van der Waals surface area contributed by atoms with E-state index in [2.05, 4.69) is 35.8 Å². The number of halogens is 4. The summed E-state index contributed by atoms with van der Waals surface area (Å²) in [6.07, 6.45) is -4.21. The Morgan fingerprint density at radius 3 is 2.38 bits per heavy atom. The van der Waals surface area contributed by atoms with Crippen molar-refractivity contribution in [1.29, 1.82) is 0 Å². The van der Waals surface area contributed by atoms with E-state index in [0.717, 1.165) is 10.0 Å². The summed E-state index contributed by atoms with van der Waals surface area (Å²) in [7, 11) is 0. The van der Waals surface area contributed by atoms with Gasteiger partial charge in [0.2, 0.25) is 5.82 Å². The Morgan fingerprint density at radius 2 is 1.72 bits per heavy atom. The van der Waals surface area contributed by atoms with Crippen molar-refractivity contribution in [2.24, 2.45) is 0 Å². The van der Waals surface area contributed by atoms with Gasteiger partial charge in [-0.3, -0.25) is 0 Å². The minimum Gasteiger partial charge on any atom is -0.437 e. The molecule has 2 aromatic heterocycles. The number of hydrogen-bond acceptors (Lipinski definition) is 6. The molecule has 0 atom stereocenters. The Morgan fingerprint density at radius 1 is 1.00 bits per heavy atom. The summed E-state index contributed by atoms with van der Waals surface area (Å²) >= 11 is 3.44. The number of oxazole rings is 1. The monoisotopic (exact) mass is 509 g/mol. The van der Waals surface area contributed by atoms with Gasteiger partial charge in [0.1, 0.15) is 11.5 Å². The highest BCUT2D eigenvalue weighted by molar-refractivity contribution is 9.10. The second-order valence-electron chi connectivity index (χ2n) is 6.33. The first-order valence-corrected chi connectivity index (χ1v) is 10.5. The Labute approximate surface area is 190 Å². The summed E-state index contributed by atoms with van der Waals surface area (Å²) < 4.78 is 52.6. The van der Waals surface area contributed by atoms with E-state index in [4.69, 9.17) is 8.94 Å². The summed E-state index contributed by atoms with van der Waals surface area (Å²) in [5, 5.41) is 3.85. The van der Waals surface area contributed by atoms with E-state index in [9.17, 15) is 13.2 Å². The summed E-state index contributed by atoms with van der Waals surface area (Å²) in [4.78, 5) is 8.57. The van der Waals surface area contributed by atoms with Gasteiger partial charge in [0.05, 0.1) is 5.69 Å². The number of nitrogens with zero attached hydrogens (tertiary/aromatic N) is 3. The highest BCUT2D eigenvalue weighted by atomic mass is 79.9.